The van der Waals surface area contributed by atoms with Gasteiger partial charge in [0.2, 0.25) is 0 Å². The van der Waals surface area contributed by atoms with Crippen molar-refractivity contribution in [2.24, 2.45) is 0 Å². The van der Waals surface area contributed by atoms with Gasteiger partial charge < -0.3 is 14.8 Å². The fourth-order valence-corrected chi connectivity index (χ4v) is 2.18. The largest absolute Gasteiger partial charge is 0.497 e. The molecule has 0 aliphatic carbocycles. The van der Waals surface area contributed by atoms with Gasteiger partial charge in [-0.05, 0) is 44.3 Å². The highest BCUT2D eigenvalue weighted by molar-refractivity contribution is 5.85. The number of rotatable bonds is 6. The Morgan fingerprint density at radius 1 is 1.26 bits per heavy atom. The van der Waals surface area contributed by atoms with Gasteiger partial charge >= 0.3 is 0 Å². The molecule has 0 amide bonds. The summed E-state index contributed by atoms with van der Waals surface area (Å²) in [7, 11) is 3.83. The van der Waals surface area contributed by atoms with E-state index in [1.165, 1.54) is 6.42 Å². The quantitative estimate of drug-likeness (QED) is 0.864. The van der Waals surface area contributed by atoms with Gasteiger partial charge in [-0.3, -0.25) is 4.90 Å². The van der Waals surface area contributed by atoms with E-state index in [1.54, 1.807) is 7.11 Å². The van der Waals surface area contributed by atoms with Gasteiger partial charge in [-0.2, -0.15) is 0 Å². The van der Waals surface area contributed by atoms with Crippen molar-refractivity contribution >= 4 is 12.4 Å². The number of halogens is 1. The number of nitrogens with one attached hydrogen (secondary N) is 1. The molecule has 0 saturated carbocycles. The molecular weight excluding hydrogens is 264 g/mol. The minimum atomic E-state index is 0. The zero-order valence-electron chi connectivity index (χ0n) is 11.6. The van der Waals surface area contributed by atoms with Crippen molar-refractivity contribution in [2.75, 3.05) is 40.4 Å². The molecule has 1 atom stereocenters. The summed E-state index contributed by atoms with van der Waals surface area (Å²) in [6.07, 6.45) is 1.24. The van der Waals surface area contributed by atoms with Crippen molar-refractivity contribution in [1.29, 1.82) is 0 Å². The fraction of sp³-hybridized carbons (Fsp3) is 0.571. The SMILES string of the molecule is COc1ccc(OCCN(C)C2CCNC2)cc1.Cl. The van der Waals surface area contributed by atoms with Crippen LogP contribution in [0.15, 0.2) is 24.3 Å². The summed E-state index contributed by atoms with van der Waals surface area (Å²) in [6, 6.07) is 8.37. The first-order valence-electron chi connectivity index (χ1n) is 6.47. The number of hydrogen-bond donors (Lipinski definition) is 1. The molecule has 4 nitrogen and oxygen atoms in total. The van der Waals surface area contributed by atoms with E-state index in [4.69, 9.17) is 9.47 Å². The van der Waals surface area contributed by atoms with Crippen LogP contribution in [-0.4, -0.2) is 51.3 Å². The average Bonchev–Trinajstić information content (AvgIpc) is 2.93. The number of methoxy groups -OCH3 is 1. The maximum atomic E-state index is 5.72. The van der Waals surface area contributed by atoms with Crippen LogP contribution in [0.25, 0.3) is 0 Å². The van der Waals surface area contributed by atoms with Gasteiger partial charge in [0.15, 0.2) is 0 Å². The van der Waals surface area contributed by atoms with Crippen LogP contribution in [0.2, 0.25) is 0 Å². The molecule has 0 spiro atoms. The maximum Gasteiger partial charge on any atom is 0.119 e. The van der Waals surface area contributed by atoms with E-state index in [9.17, 15) is 0 Å². The Labute approximate surface area is 121 Å². The van der Waals surface area contributed by atoms with E-state index >= 15 is 0 Å². The second-order valence-corrected chi connectivity index (χ2v) is 4.65. The predicted molar refractivity (Wildman–Crippen MR) is 79.6 cm³/mol. The highest BCUT2D eigenvalue weighted by Gasteiger charge is 2.18. The minimum absolute atomic E-state index is 0. The lowest BCUT2D eigenvalue weighted by atomic mass is 10.2. The van der Waals surface area contributed by atoms with Crippen LogP contribution < -0.4 is 14.8 Å². The Morgan fingerprint density at radius 2 is 1.95 bits per heavy atom. The Morgan fingerprint density at radius 3 is 2.53 bits per heavy atom. The molecule has 1 aromatic carbocycles. The van der Waals surface area contributed by atoms with E-state index in [0.29, 0.717) is 6.04 Å². The van der Waals surface area contributed by atoms with Crippen molar-refractivity contribution in [1.82, 2.24) is 10.2 Å². The normalized spacial score (nSPS) is 18.2. The lowest BCUT2D eigenvalue weighted by Gasteiger charge is -2.23. The number of ether oxygens (including phenoxy) is 2. The van der Waals surface area contributed by atoms with Crippen molar-refractivity contribution in [3.05, 3.63) is 24.3 Å². The first-order chi connectivity index (χ1) is 8.79. The summed E-state index contributed by atoms with van der Waals surface area (Å²) < 4.78 is 10.8. The number of hydrogen-bond acceptors (Lipinski definition) is 4. The maximum absolute atomic E-state index is 5.72. The van der Waals surface area contributed by atoms with Crippen LogP contribution >= 0.6 is 12.4 Å². The van der Waals surface area contributed by atoms with Gasteiger partial charge in [0.05, 0.1) is 7.11 Å². The van der Waals surface area contributed by atoms with E-state index in [-0.39, 0.29) is 12.4 Å². The third kappa shape index (κ3) is 4.90. The van der Waals surface area contributed by atoms with Crippen molar-refractivity contribution in [2.45, 2.75) is 12.5 Å². The molecule has 0 radical (unpaired) electrons. The third-order valence-corrected chi connectivity index (χ3v) is 3.43. The molecule has 108 valence electrons. The van der Waals surface area contributed by atoms with Crippen LogP contribution in [-0.2, 0) is 0 Å². The average molecular weight is 287 g/mol. The fourth-order valence-electron chi connectivity index (χ4n) is 2.18. The molecule has 2 rings (SSSR count). The zero-order valence-corrected chi connectivity index (χ0v) is 12.4. The Kier molecular flexibility index (Phi) is 6.99. The molecule has 1 heterocycles. The van der Waals surface area contributed by atoms with E-state index < -0.39 is 0 Å². The summed E-state index contributed by atoms with van der Waals surface area (Å²) in [6.45, 7) is 3.91. The topological polar surface area (TPSA) is 33.7 Å². The molecule has 1 saturated heterocycles. The van der Waals surface area contributed by atoms with E-state index in [2.05, 4.69) is 17.3 Å². The van der Waals surface area contributed by atoms with Crippen LogP contribution in [0.3, 0.4) is 0 Å². The summed E-state index contributed by atoms with van der Waals surface area (Å²) in [5, 5.41) is 3.38. The van der Waals surface area contributed by atoms with Crippen molar-refractivity contribution in [3.8, 4) is 11.5 Å². The number of benzene rings is 1. The van der Waals surface area contributed by atoms with Gasteiger partial charge in [-0.1, -0.05) is 0 Å². The molecule has 1 aliphatic heterocycles. The summed E-state index contributed by atoms with van der Waals surface area (Å²) in [5.41, 5.74) is 0. The lowest BCUT2D eigenvalue weighted by molar-refractivity contribution is 0.199. The summed E-state index contributed by atoms with van der Waals surface area (Å²) in [4.78, 5) is 2.36. The Hall–Kier alpha value is -0.970. The van der Waals surface area contributed by atoms with Crippen molar-refractivity contribution < 1.29 is 9.47 Å². The lowest BCUT2D eigenvalue weighted by Crippen LogP contribution is -2.36. The summed E-state index contributed by atoms with van der Waals surface area (Å²) >= 11 is 0. The highest BCUT2D eigenvalue weighted by Crippen LogP contribution is 2.17. The van der Waals surface area contributed by atoms with E-state index in [0.717, 1.165) is 37.7 Å². The molecule has 0 aromatic heterocycles. The number of nitrogens with zero attached hydrogens (tertiary/aromatic N) is 1. The third-order valence-electron chi connectivity index (χ3n) is 3.43. The molecule has 1 N–H and O–H groups in total. The molecule has 0 bridgehead atoms. The van der Waals surface area contributed by atoms with Crippen LogP contribution in [0.5, 0.6) is 11.5 Å². The molecular formula is C14H23ClN2O2. The first kappa shape index (κ1) is 16.1. The second kappa shape index (κ2) is 8.25. The van der Waals surface area contributed by atoms with Gasteiger partial charge in [-0.25, -0.2) is 0 Å². The van der Waals surface area contributed by atoms with E-state index in [1.807, 2.05) is 24.3 Å². The van der Waals surface area contributed by atoms with Crippen LogP contribution in [0, 0.1) is 0 Å². The van der Waals surface area contributed by atoms with Gasteiger partial charge in [0.1, 0.15) is 18.1 Å². The second-order valence-electron chi connectivity index (χ2n) is 4.65. The molecule has 1 aromatic rings. The zero-order chi connectivity index (χ0) is 12.8. The smallest absolute Gasteiger partial charge is 0.119 e. The van der Waals surface area contributed by atoms with Crippen LogP contribution in [0.4, 0.5) is 0 Å². The summed E-state index contributed by atoms with van der Waals surface area (Å²) in [5.74, 6) is 1.75. The molecule has 5 heteroatoms. The standard InChI is InChI=1S/C14H22N2O2.ClH/c1-16(12-7-8-15-11-12)9-10-18-14-5-3-13(17-2)4-6-14;/h3-6,12,15H,7-11H2,1-2H3;1H. The Bertz CT molecular complexity index is 353. The molecule has 1 unspecified atom stereocenters. The Balaban J connectivity index is 0.00000180. The predicted octanol–water partition coefficient (Wildman–Crippen LogP) is 1.79. The van der Waals surface area contributed by atoms with Crippen LogP contribution in [0.1, 0.15) is 6.42 Å². The number of likely N-dealkylation sites (N-methyl/N-ethyl adjacent to an activating group) is 1. The monoisotopic (exact) mass is 286 g/mol. The van der Waals surface area contributed by atoms with Gasteiger partial charge in [-0.15, -0.1) is 12.4 Å². The highest BCUT2D eigenvalue weighted by atomic mass is 35.5. The van der Waals surface area contributed by atoms with Gasteiger partial charge in [0, 0.05) is 19.1 Å². The van der Waals surface area contributed by atoms with Gasteiger partial charge in [0.25, 0.3) is 0 Å². The molecule has 1 aliphatic rings. The first-order valence-corrected chi connectivity index (χ1v) is 6.47. The van der Waals surface area contributed by atoms with Crippen molar-refractivity contribution in [3.63, 3.8) is 0 Å². The molecule has 1 fully saturated rings. The minimum Gasteiger partial charge on any atom is -0.497 e. The molecule has 19 heavy (non-hydrogen) atoms.